The number of para-hydroxylation sites is 1. The van der Waals surface area contributed by atoms with Gasteiger partial charge in [-0.05, 0) is 17.7 Å². The number of fused-ring (bicyclic) bond motifs is 1. The maximum Gasteiger partial charge on any atom is 0.401 e. The number of nitrogens with one attached hydrogen (secondary N) is 1. The van der Waals surface area contributed by atoms with E-state index in [0.717, 1.165) is 16.5 Å². The fraction of sp³-hybridized carbons (Fsp3) is 0.250. The number of nitrogens with zero attached hydrogens (tertiary/aromatic N) is 1. The minimum Gasteiger partial charge on any atom is -0.305 e. The molecule has 0 saturated carbocycles. The summed E-state index contributed by atoms with van der Waals surface area (Å²) in [6, 6.07) is 9.11. The molecule has 2 nitrogen and oxygen atoms in total. The molecule has 0 bridgehead atoms. The third-order valence-electron chi connectivity index (χ3n) is 2.38. The summed E-state index contributed by atoms with van der Waals surface area (Å²) in [6.45, 7) is -0.799. The van der Waals surface area contributed by atoms with Crippen LogP contribution in [-0.2, 0) is 6.54 Å². The van der Waals surface area contributed by atoms with Crippen molar-refractivity contribution in [2.24, 2.45) is 0 Å². The van der Waals surface area contributed by atoms with Crippen molar-refractivity contribution in [2.45, 2.75) is 12.7 Å². The number of pyridine rings is 1. The Kier molecular flexibility index (Phi) is 3.28. The highest BCUT2D eigenvalue weighted by Crippen LogP contribution is 2.17. The highest BCUT2D eigenvalue weighted by Gasteiger charge is 2.26. The minimum absolute atomic E-state index is 0.183. The second-order valence-electron chi connectivity index (χ2n) is 3.71. The number of hydrogen-bond donors (Lipinski definition) is 1. The van der Waals surface area contributed by atoms with Crippen molar-refractivity contribution >= 4 is 10.9 Å². The summed E-state index contributed by atoms with van der Waals surface area (Å²) in [6.07, 6.45) is -2.57. The summed E-state index contributed by atoms with van der Waals surface area (Å²) >= 11 is 0. The number of alkyl halides is 3. The zero-order valence-electron chi connectivity index (χ0n) is 8.96. The first kappa shape index (κ1) is 11.9. The molecule has 0 aliphatic rings. The third-order valence-corrected chi connectivity index (χ3v) is 2.38. The number of benzene rings is 1. The molecule has 0 spiro atoms. The van der Waals surface area contributed by atoms with Crippen molar-refractivity contribution in [3.63, 3.8) is 0 Å². The average molecular weight is 240 g/mol. The van der Waals surface area contributed by atoms with Gasteiger partial charge in [-0.15, -0.1) is 0 Å². The Morgan fingerprint density at radius 2 is 1.88 bits per heavy atom. The highest BCUT2D eigenvalue weighted by molar-refractivity contribution is 5.81. The number of aromatic nitrogens is 1. The lowest BCUT2D eigenvalue weighted by Gasteiger charge is -2.09. The van der Waals surface area contributed by atoms with Crippen molar-refractivity contribution in [3.8, 4) is 0 Å². The zero-order chi connectivity index (χ0) is 12.3. The predicted octanol–water partition coefficient (Wildman–Crippen LogP) is 2.89. The van der Waals surface area contributed by atoms with E-state index in [9.17, 15) is 13.2 Å². The summed E-state index contributed by atoms with van der Waals surface area (Å²) < 4.78 is 36.0. The van der Waals surface area contributed by atoms with Crippen LogP contribution in [-0.4, -0.2) is 17.7 Å². The molecular weight excluding hydrogens is 229 g/mol. The van der Waals surface area contributed by atoms with Gasteiger partial charge in [0.25, 0.3) is 0 Å². The molecule has 2 rings (SSSR count). The molecule has 2 aromatic rings. The molecule has 17 heavy (non-hydrogen) atoms. The Labute approximate surface area is 96.5 Å². The van der Waals surface area contributed by atoms with Crippen LogP contribution >= 0.6 is 0 Å². The summed E-state index contributed by atoms with van der Waals surface area (Å²) in [5, 5.41) is 3.26. The number of halogens is 3. The number of hydrogen-bond acceptors (Lipinski definition) is 2. The van der Waals surface area contributed by atoms with E-state index in [1.807, 2.05) is 24.3 Å². The lowest BCUT2D eigenvalue weighted by molar-refractivity contribution is -0.125. The van der Waals surface area contributed by atoms with Crippen LogP contribution in [0.5, 0.6) is 0 Å². The van der Waals surface area contributed by atoms with Gasteiger partial charge in [0.05, 0.1) is 12.1 Å². The lowest BCUT2D eigenvalue weighted by Crippen LogP contribution is -2.28. The van der Waals surface area contributed by atoms with E-state index in [1.54, 1.807) is 12.3 Å². The molecule has 5 heteroatoms. The van der Waals surface area contributed by atoms with E-state index < -0.39 is 12.7 Å². The van der Waals surface area contributed by atoms with Crippen molar-refractivity contribution in [1.82, 2.24) is 10.3 Å². The van der Waals surface area contributed by atoms with Crippen LogP contribution in [0, 0.1) is 0 Å². The topological polar surface area (TPSA) is 24.9 Å². The van der Waals surface area contributed by atoms with Gasteiger partial charge in [0, 0.05) is 18.1 Å². The molecule has 1 heterocycles. The highest BCUT2D eigenvalue weighted by atomic mass is 19.4. The molecule has 0 unspecified atom stereocenters. The normalized spacial score (nSPS) is 11.9. The zero-order valence-corrected chi connectivity index (χ0v) is 8.96. The molecule has 0 radical (unpaired) electrons. The Balaban J connectivity index is 2.13. The van der Waals surface area contributed by atoms with Gasteiger partial charge in [0.1, 0.15) is 0 Å². The first-order valence-corrected chi connectivity index (χ1v) is 5.16. The van der Waals surface area contributed by atoms with Crippen LogP contribution < -0.4 is 5.32 Å². The molecule has 0 aliphatic carbocycles. The van der Waals surface area contributed by atoms with Gasteiger partial charge in [-0.1, -0.05) is 18.2 Å². The van der Waals surface area contributed by atoms with Gasteiger partial charge in [-0.3, -0.25) is 4.98 Å². The SMILES string of the molecule is FC(F)(F)CNCc1ccnc2ccccc12. The van der Waals surface area contributed by atoms with Crippen molar-refractivity contribution in [3.05, 3.63) is 42.1 Å². The van der Waals surface area contributed by atoms with Gasteiger partial charge in [-0.25, -0.2) is 0 Å². The van der Waals surface area contributed by atoms with Gasteiger partial charge in [0.2, 0.25) is 0 Å². The molecule has 0 atom stereocenters. The molecule has 1 N–H and O–H groups in total. The Morgan fingerprint density at radius 1 is 1.12 bits per heavy atom. The predicted molar refractivity (Wildman–Crippen MR) is 59.5 cm³/mol. The largest absolute Gasteiger partial charge is 0.401 e. The molecule has 0 aliphatic heterocycles. The Morgan fingerprint density at radius 3 is 2.65 bits per heavy atom. The van der Waals surface area contributed by atoms with Crippen molar-refractivity contribution < 1.29 is 13.2 Å². The second kappa shape index (κ2) is 4.71. The van der Waals surface area contributed by atoms with Crippen molar-refractivity contribution in [2.75, 3.05) is 6.54 Å². The van der Waals surface area contributed by atoms with E-state index in [-0.39, 0.29) is 6.54 Å². The maximum absolute atomic E-state index is 12.0. The smallest absolute Gasteiger partial charge is 0.305 e. The van der Waals surface area contributed by atoms with Crippen LogP contribution in [0.1, 0.15) is 5.56 Å². The molecule has 0 fully saturated rings. The van der Waals surface area contributed by atoms with Crippen LogP contribution in [0.2, 0.25) is 0 Å². The monoisotopic (exact) mass is 240 g/mol. The maximum atomic E-state index is 12.0. The van der Waals surface area contributed by atoms with E-state index in [4.69, 9.17) is 0 Å². The van der Waals surface area contributed by atoms with Crippen LogP contribution in [0.15, 0.2) is 36.5 Å². The average Bonchev–Trinajstić information content (AvgIpc) is 2.28. The van der Waals surface area contributed by atoms with Crippen molar-refractivity contribution in [1.29, 1.82) is 0 Å². The van der Waals surface area contributed by atoms with Gasteiger partial charge < -0.3 is 5.32 Å². The summed E-state index contributed by atoms with van der Waals surface area (Å²) in [7, 11) is 0. The van der Waals surface area contributed by atoms with Crippen LogP contribution in [0.3, 0.4) is 0 Å². The fourth-order valence-corrected chi connectivity index (χ4v) is 1.65. The Hall–Kier alpha value is -1.62. The lowest BCUT2D eigenvalue weighted by atomic mass is 10.1. The summed E-state index contributed by atoms with van der Waals surface area (Å²) in [5.41, 5.74) is 1.61. The van der Waals surface area contributed by atoms with E-state index >= 15 is 0 Å². The van der Waals surface area contributed by atoms with Gasteiger partial charge in [0.15, 0.2) is 0 Å². The summed E-state index contributed by atoms with van der Waals surface area (Å²) in [5.74, 6) is 0. The van der Waals surface area contributed by atoms with E-state index in [1.165, 1.54) is 0 Å². The summed E-state index contributed by atoms with van der Waals surface area (Å²) in [4.78, 5) is 4.15. The first-order chi connectivity index (χ1) is 8.06. The number of rotatable bonds is 3. The minimum atomic E-state index is -4.18. The quantitative estimate of drug-likeness (QED) is 0.892. The molecule has 1 aromatic carbocycles. The molecule has 1 aromatic heterocycles. The molecular formula is C12H11F3N2. The van der Waals surface area contributed by atoms with E-state index in [0.29, 0.717) is 0 Å². The van der Waals surface area contributed by atoms with Crippen LogP contribution in [0.4, 0.5) is 13.2 Å². The first-order valence-electron chi connectivity index (χ1n) is 5.16. The molecule has 0 saturated heterocycles. The molecule has 0 amide bonds. The fourth-order valence-electron chi connectivity index (χ4n) is 1.65. The second-order valence-corrected chi connectivity index (χ2v) is 3.71. The molecule has 90 valence electrons. The van der Waals surface area contributed by atoms with Crippen LogP contribution in [0.25, 0.3) is 10.9 Å². The standard InChI is InChI=1S/C12H11F3N2/c13-12(14,15)8-16-7-9-5-6-17-11-4-2-1-3-10(9)11/h1-6,16H,7-8H2. The third kappa shape index (κ3) is 3.17. The Bertz CT molecular complexity index is 503. The van der Waals surface area contributed by atoms with Gasteiger partial charge >= 0.3 is 6.18 Å². The van der Waals surface area contributed by atoms with Gasteiger partial charge in [-0.2, -0.15) is 13.2 Å². The van der Waals surface area contributed by atoms with E-state index in [2.05, 4.69) is 10.3 Å².